The lowest BCUT2D eigenvalue weighted by Gasteiger charge is -2.34. The van der Waals surface area contributed by atoms with Crippen molar-refractivity contribution in [1.82, 2.24) is 10.2 Å². The molecule has 1 fully saturated rings. The van der Waals surface area contributed by atoms with E-state index in [0.717, 1.165) is 54.5 Å². The predicted molar refractivity (Wildman–Crippen MR) is 168 cm³/mol. The third kappa shape index (κ3) is 8.18. The van der Waals surface area contributed by atoms with Gasteiger partial charge in [0.1, 0.15) is 12.6 Å². The molecule has 0 radical (unpaired) electrons. The maximum absolute atomic E-state index is 14.3. The van der Waals surface area contributed by atoms with E-state index in [1.165, 1.54) is 17.0 Å². The number of alkyl halides is 3. The minimum atomic E-state index is -4.88. The monoisotopic (exact) mass is 663 g/mol. The molecular weight excluding hydrogens is 627 g/mol. The van der Waals surface area contributed by atoms with Crippen LogP contribution >= 0.6 is 11.6 Å². The van der Waals surface area contributed by atoms with Crippen LogP contribution in [0.1, 0.15) is 61.3 Å². The Kier molecular flexibility index (Phi) is 10.9. The van der Waals surface area contributed by atoms with Gasteiger partial charge in [0.15, 0.2) is 0 Å². The van der Waals surface area contributed by atoms with Gasteiger partial charge in [-0.15, -0.1) is 0 Å². The van der Waals surface area contributed by atoms with Crippen molar-refractivity contribution in [2.45, 2.75) is 82.6 Å². The second-order valence-electron chi connectivity index (χ2n) is 11.3. The van der Waals surface area contributed by atoms with Crippen molar-refractivity contribution in [2.75, 3.05) is 10.8 Å². The Labute approximate surface area is 267 Å². The van der Waals surface area contributed by atoms with Crippen LogP contribution in [0.5, 0.6) is 0 Å². The predicted octanol–water partition coefficient (Wildman–Crippen LogP) is 7.04. The van der Waals surface area contributed by atoms with E-state index in [0.29, 0.717) is 10.4 Å². The van der Waals surface area contributed by atoms with Crippen molar-refractivity contribution in [1.29, 1.82) is 0 Å². The molecule has 0 spiro atoms. The number of benzene rings is 3. The van der Waals surface area contributed by atoms with E-state index in [9.17, 15) is 31.2 Å². The number of rotatable bonds is 11. The van der Waals surface area contributed by atoms with Crippen molar-refractivity contribution >= 4 is 39.1 Å². The van der Waals surface area contributed by atoms with E-state index < -0.39 is 45.3 Å². The van der Waals surface area contributed by atoms with E-state index in [4.69, 9.17) is 11.6 Å². The highest BCUT2D eigenvalue weighted by molar-refractivity contribution is 7.92. The van der Waals surface area contributed by atoms with Crippen LogP contribution in [-0.2, 0) is 32.3 Å². The minimum absolute atomic E-state index is 0.00502. The molecule has 1 saturated carbocycles. The quantitative estimate of drug-likeness (QED) is 0.239. The number of aryl methyl sites for hydroxylation is 2. The van der Waals surface area contributed by atoms with Crippen LogP contribution in [0.15, 0.2) is 71.6 Å². The lowest BCUT2D eigenvalue weighted by Crippen LogP contribution is -2.53. The van der Waals surface area contributed by atoms with Crippen LogP contribution in [0, 0.1) is 13.8 Å². The highest BCUT2D eigenvalue weighted by Crippen LogP contribution is 2.38. The Morgan fingerprint density at radius 3 is 2.24 bits per heavy atom. The molecule has 45 heavy (non-hydrogen) atoms. The number of carbonyl (C=O) groups excluding carboxylic acids is 2. The van der Waals surface area contributed by atoms with Gasteiger partial charge >= 0.3 is 6.18 Å². The van der Waals surface area contributed by atoms with Crippen molar-refractivity contribution in [2.24, 2.45) is 0 Å². The number of carbonyl (C=O) groups is 2. The molecule has 0 bridgehead atoms. The Bertz CT molecular complexity index is 1620. The summed E-state index contributed by atoms with van der Waals surface area (Å²) in [6.45, 7) is 4.52. The summed E-state index contributed by atoms with van der Waals surface area (Å²) in [5.74, 6) is -1.10. The molecule has 1 N–H and O–H groups in total. The van der Waals surface area contributed by atoms with Crippen LogP contribution in [0.2, 0.25) is 5.02 Å². The number of nitrogens with one attached hydrogen (secondary N) is 1. The second kappa shape index (κ2) is 14.2. The maximum atomic E-state index is 14.3. The van der Waals surface area contributed by atoms with Crippen LogP contribution < -0.4 is 9.62 Å². The third-order valence-corrected chi connectivity index (χ3v) is 10.2. The summed E-state index contributed by atoms with van der Waals surface area (Å²) in [7, 11) is -4.55. The number of amides is 2. The third-order valence-electron chi connectivity index (χ3n) is 8.12. The largest absolute Gasteiger partial charge is 0.417 e. The lowest BCUT2D eigenvalue weighted by atomic mass is 10.1. The standard InChI is InChI=1S/C33H37ClF3N3O4S/c1-4-30(32(42)38-25-11-7-8-12-25)39(20-24-10-6-5-9-23(24)3)31(41)21-40(45(43,44)27-16-13-22(2)14-17-27)26-15-18-29(34)28(19-26)33(35,36)37/h5-6,9-10,13-19,25,30H,4,7-8,11-12,20-21H2,1-3H3,(H,38,42)/t30-/m1/s1. The molecule has 1 atom stereocenters. The molecule has 0 saturated heterocycles. The van der Waals surface area contributed by atoms with Gasteiger partial charge in [0, 0.05) is 12.6 Å². The summed E-state index contributed by atoms with van der Waals surface area (Å²) in [6, 6.07) is 14.8. The number of anilines is 1. The number of nitrogens with zero attached hydrogens (tertiary/aromatic N) is 2. The Balaban J connectivity index is 1.79. The first-order chi connectivity index (χ1) is 21.2. The Morgan fingerprint density at radius 1 is 1.00 bits per heavy atom. The van der Waals surface area contributed by atoms with Gasteiger partial charge in [-0.3, -0.25) is 13.9 Å². The molecule has 242 valence electrons. The number of hydrogen-bond acceptors (Lipinski definition) is 4. The molecule has 4 rings (SSSR count). The lowest BCUT2D eigenvalue weighted by molar-refractivity contribution is -0.140. The molecule has 3 aromatic carbocycles. The zero-order valence-electron chi connectivity index (χ0n) is 25.4. The molecule has 0 unspecified atom stereocenters. The minimum Gasteiger partial charge on any atom is -0.352 e. The first kappa shape index (κ1) is 34.3. The second-order valence-corrected chi connectivity index (χ2v) is 13.6. The van der Waals surface area contributed by atoms with E-state index >= 15 is 0 Å². The van der Waals surface area contributed by atoms with Gasteiger partial charge in [-0.1, -0.05) is 73.3 Å². The van der Waals surface area contributed by atoms with E-state index in [-0.39, 0.29) is 35.5 Å². The Hall–Kier alpha value is -3.57. The fourth-order valence-electron chi connectivity index (χ4n) is 5.51. The topological polar surface area (TPSA) is 86.8 Å². The smallest absolute Gasteiger partial charge is 0.352 e. The first-order valence-corrected chi connectivity index (χ1v) is 16.6. The molecule has 12 heteroatoms. The molecule has 1 aliphatic carbocycles. The number of halogens is 4. The normalized spacial score (nSPS) is 14.6. The highest BCUT2D eigenvalue weighted by atomic mass is 35.5. The first-order valence-electron chi connectivity index (χ1n) is 14.8. The summed E-state index contributed by atoms with van der Waals surface area (Å²) < 4.78 is 70.3. The van der Waals surface area contributed by atoms with Crippen LogP contribution in [0.4, 0.5) is 18.9 Å². The van der Waals surface area contributed by atoms with Gasteiger partial charge in [-0.2, -0.15) is 13.2 Å². The number of hydrogen-bond donors (Lipinski definition) is 1. The van der Waals surface area contributed by atoms with E-state index in [1.807, 2.05) is 25.1 Å². The van der Waals surface area contributed by atoms with Crippen molar-refractivity contribution in [3.8, 4) is 0 Å². The molecular formula is C33H37ClF3N3O4S. The molecule has 1 aliphatic rings. The summed E-state index contributed by atoms with van der Waals surface area (Å²) in [5.41, 5.74) is 0.748. The highest BCUT2D eigenvalue weighted by Gasteiger charge is 2.37. The fourth-order valence-corrected chi connectivity index (χ4v) is 7.14. The van der Waals surface area contributed by atoms with Gasteiger partial charge in [-0.05, 0) is 74.6 Å². The van der Waals surface area contributed by atoms with Gasteiger partial charge < -0.3 is 10.2 Å². The van der Waals surface area contributed by atoms with Gasteiger partial charge in [0.25, 0.3) is 10.0 Å². The van der Waals surface area contributed by atoms with Crippen molar-refractivity contribution < 1.29 is 31.2 Å². The average Bonchev–Trinajstić information content (AvgIpc) is 3.49. The maximum Gasteiger partial charge on any atom is 0.417 e. The molecule has 0 heterocycles. The van der Waals surface area contributed by atoms with Gasteiger partial charge in [0.05, 0.1) is 21.2 Å². The zero-order valence-corrected chi connectivity index (χ0v) is 27.0. The van der Waals surface area contributed by atoms with Crippen LogP contribution in [0.25, 0.3) is 0 Å². The molecule has 3 aromatic rings. The number of sulfonamides is 1. The summed E-state index contributed by atoms with van der Waals surface area (Å²) >= 11 is 5.85. The van der Waals surface area contributed by atoms with Gasteiger partial charge in [-0.25, -0.2) is 8.42 Å². The summed E-state index contributed by atoms with van der Waals surface area (Å²) in [6.07, 6.45) is -1.01. The SMILES string of the molecule is CC[C@H](C(=O)NC1CCCC1)N(Cc1ccccc1C)C(=O)CN(c1ccc(Cl)c(C(F)(F)F)c1)S(=O)(=O)c1ccc(C)cc1. The van der Waals surface area contributed by atoms with Crippen LogP contribution in [0.3, 0.4) is 0 Å². The zero-order chi connectivity index (χ0) is 32.9. The Morgan fingerprint density at radius 2 is 1.64 bits per heavy atom. The van der Waals surface area contributed by atoms with E-state index in [2.05, 4.69) is 5.32 Å². The molecule has 0 aliphatic heterocycles. The average molecular weight is 664 g/mol. The molecule has 2 amide bonds. The van der Waals surface area contributed by atoms with E-state index in [1.54, 1.807) is 32.0 Å². The van der Waals surface area contributed by atoms with Crippen molar-refractivity contribution in [3.63, 3.8) is 0 Å². The fraction of sp³-hybridized carbons (Fsp3) is 0.394. The summed E-state index contributed by atoms with van der Waals surface area (Å²) in [5, 5.41) is 2.43. The van der Waals surface area contributed by atoms with Crippen LogP contribution in [-0.4, -0.2) is 43.8 Å². The van der Waals surface area contributed by atoms with Crippen molar-refractivity contribution in [3.05, 3.63) is 94.0 Å². The van der Waals surface area contributed by atoms with Gasteiger partial charge in [0.2, 0.25) is 11.8 Å². The summed E-state index contributed by atoms with van der Waals surface area (Å²) in [4.78, 5) is 28.9. The molecule has 7 nitrogen and oxygen atoms in total. The molecule has 0 aromatic heterocycles.